The van der Waals surface area contributed by atoms with E-state index in [0.29, 0.717) is 12.1 Å². The Hall–Kier alpha value is -12.6. The van der Waals surface area contributed by atoms with Crippen LogP contribution >= 0.6 is 0 Å². The molecule has 0 amide bonds. The molecule has 6 heterocycles. The normalized spacial score (nSPS) is 17.3. The van der Waals surface area contributed by atoms with E-state index >= 15 is 0 Å². The smallest absolute Gasteiger partial charge is 0.252 e. The third-order valence-corrected chi connectivity index (χ3v) is 25.3. The Morgan fingerprint density at radius 2 is 0.555 bits per heavy atom. The SMILES string of the molecule is CC(C)(C)c1cc2c3c(c1)N(c1c(-c4ccccc4)cc(-c4ccccc4)cc1-c1ccccc1)c1ccccc1B3c1cc3c(cc1N2c1ccccc1)N(c1c(-c2ccccc2)cc(-c2ccccc2)cc1-c1ccccc1)c1cc(N2C4CC5CC(C4)CC2C5)cc2c1B3c1ccccc1N2c1ccccc1. The first-order valence-electron chi connectivity index (χ1n) is 39.7. The van der Waals surface area contributed by atoms with Gasteiger partial charge < -0.3 is 24.5 Å². The Labute approximate surface area is 646 Å². The predicted octanol–water partition coefficient (Wildman–Crippen LogP) is 22.9. The molecular formula is C103H81B2N5. The standard InChI is InChI=1S/C103H81B2N5/c1-103(2,3)77-61-95-99-96(62-77)109(101-83(71-36-16-6-17-37-71)57-75(69-32-12-4-13-33-69)58-84(101)72-38-18-7-19-39-72)92-51-31-29-49-88(92)105(99)89-65-90-94(66-93(89)108(95)79-46-26-11-27-47-79)110(102-85(73-40-20-8-21-41-73)59-76(70-34-14-5-15-35-70)60-86(102)74-42-22-9-23-43-74)98-64-82(106-80-53-67-52-68(55-80)56-81(106)54-67)63-97-100(98)104(90)87-48-28-30-50-91(87)107(97)78-44-24-10-25-45-78/h4-51,57-68,80-81H,52-56H2,1-3H3. The van der Waals surface area contributed by atoms with E-state index in [1.807, 2.05) is 0 Å². The molecule has 4 fully saturated rings. The molecule has 2 aliphatic carbocycles. The highest BCUT2D eigenvalue weighted by molar-refractivity contribution is 7.03. The molecule has 4 bridgehead atoms. The molecule has 0 radical (unpaired) electrons. The topological polar surface area (TPSA) is 16.2 Å². The third-order valence-electron chi connectivity index (χ3n) is 25.3. The molecule has 8 aliphatic rings. The van der Waals surface area contributed by atoms with Gasteiger partial charge in [0.25, 0.3) is 13.4 Å². The van der Waals surface area contributed by atoms with Crippen LogP contribution < -0.4 is 57.3 Å². The van der Waals surface area contributed by atoms with E-state index in [9.17, 15) is 0 Å². The van der Waals surface area contributed by atoms with E-state index in [1.54, 1.807) is 0 Å². The minimum Gasteiger partial charge on any atom is -0.365 e. The van der Waals surface area contributed by atoms with Crippen molar-refractivity contribution < 1.29 is 0 Å². The molecular weight excluding hydrogens is 1330 g/mol. The largest absolute Gasteiger partial charge is 0.365 e. The van der Waals surface area contributed by atoms with Gasteiger partial charge in [-0.3, -0.25) is 0 Å². The highest BCUT2D eigenvalue weighted by Gasteiger charge is 2.52. The summed E-state index contributed by atoms with van der Waals surface area (Å²) in [7, 11) is 0. The van der Waals surface area contributed by atoms with Gasteiger partial charge in [-0.15, -0.1) is 0 Å². The molecule has 15 aromatic rings. The third kappa shape index (κ3) is 10.3. The number of rotatable bonds is 11. The average Bonchev–Trinajstić information content (AvgIpc) is 0.679. The summed E-state index contributed by atoms with van der Waals surface area (Å²) >= 11 is 0. The zero-order valence-electron chi connectivity index (χ0n) is 62.2. The maximum Gasteiger partial charge on any atom is 0.252 e. The van der Waals surface area contributed by atoms with E-state index in [2.05, 4.69) is 397 Å². The van der Waals surface area contributed by atoms with Crippen molar-refractivity contribution in [2.24, 2.45) is 11.8 Å². The number of anilines is 13. The van der Waals surface area contributed by atoms with Crippen molar-refractivity contribution in [1.82, 2.24) is 0 Å². The average molecular weight is 1410 g/mol. The molecule has 5 nitrogen and oxygen atoms in total. The van der Waals surface area contributed by atoms with Crippen molar-refractivity contribution in [3.8, 4) is 66.8 Å². The highest BCUT2D eigenvalue weighted by atomic mass is 15.2. The highest BCUT2D eigenvalue weighted by Crippen LogP contribution is 2.58. The van der Waals surface area contributed by atoms with Gasteiger partial charge in [-0.05, 0) is 223 Å². The summed E-state index contributed by atoms with van der Waals surface area (Å²) in [5.74, 6) is 1.58. The predicted molar refractivity (Wildman–Crippen MR) is 466 cm³/mol. The minimum absolute atomic E-state index is 0.186. The molecule has 0 unspecified atom stereocenters. The summed E-state index contributed by atoms with van der Waals surface area (Å²) in [6.07, 6.45) is 6.40. The van der Waals surface area contributed by atoms with Gasteiger partial charge in [-0.2, -0.15) is 0 Å². The maximum atomic E-state index is 2.95. The van der Waals surface area contributed by atoms with Crippen LogP contribution in [-0.2, 0) is 5.41 Å². The Kier molecular flexibility index (Phi) is 15.0. The quantitative estimate of drug-likeness (QED) is 0.120. The van der Waals surface area contributed by atoms with Crippen molar-refractivity contribution in [1.29, 1.82) is 0 Å². The lowest BCUT2D eigenvalue weighted by Crippen LogP contribution is -2.65. The van der Waals surface area contributed by atoms with E-state index in [-0.39, 0.29) is 18.8 Å². The summed E-state index contributed by atoms with van der Waals surface area (Å²) in [5, 5.41) is 0. The Bertz CT molecular complexity index is 5960. The maximum absolute atomic E-state index is 2.95. The lowest BCUT2D eigenvalue weighted by molar-refractivity contribution is 0.0900. The van der Waals surface area contributed by atoms with Crippen LogP contribution in [0.1, 0.15) is 58.4 Å². The van der Waals surface area contributed by atoms with Gasteiger partial charge in [0.2, 0.25) is 0 Å². The van der Waals surface area contributed by atoms with E-state index in [0.717, 1.165) is 56.8 Å². The number of fused-ring (bicyclic) bond motifs is 8. The van der Waals surface area contributed by atoms with Crippen LogP contribution in [0.2, 0.25) is 0 Å². The van der Waals surface area contributed by atoms with Crippen molar-refractivity contribution in [2.75, 3.05) is 24.5 Å². The van der Waals surface area contributed by atoms with Gasteiger partial charge >= 0.3 is 0 Å². The summed E-state index contributed by atoms with van der Waals surface area (Å²) in [6, 6.07) is 135. The van der Waals surface area contributed by atoms with Crippen LogP contribution in [0, 0.1) is 11.8 Å². The van der Waals surface area contributed by atoms with Crippen LogP contribution in [-0.4, -0.2) is 25.5 Å². The van der Waals surface area contributed by atoms with Crippen molar-refractivity contribution in [3.05, 3.63) is 357 Å². The second-order valence-corrected chi connectivity index (χ2v) is 32.7. The molecule has 0 spiro atoms. The molecule has 524 valence electrons. The minimum atomic E-state index is -0.275. The fourth-order valence-corrected chi connectivity index (χ4v) is 20.8. The zero-order chi connectivity index (χ0) is 72.9. The summed E-state index contributed by atoms with van der Waals surface area (Å²) in [5.41, 5.74) is 38.2. The first kappa shape index (κ1) is 64.6. The van der Waals surface area contributed by atoms with Gasteiger partial charge in [0.1, 0.15) is 0 Å². The molecule has 2 saturated heterocycles. The molecule has 2 saturated carbocycles. The molecule has 15 aromatic carbocycles. The van der Waals surface area contributed by atoms with Crippen molar-refractivity contribution in [2.45, 2.75) is 70.4 Å². The van der Waals surface area contributed by atoms with E-state index in [1.165, 1.54) is 166 Å². The number of piperidine rings is 2. The van der Waals surface area contributed by atoms with Gasteiger partial charge in [-0.25, -0.2) is 0 Å². The fraction of sp³-hybridized carbons (Fsp3) is 0.126. The fourth-order valence-electron chi connectivity index (χ4n) is 20.8. The molecule has 0 atom stereocenters. The Morgan fingerprint density at radius 3 is 0.955 bits per heavy atom. The molecule has 0 aromatic heterocycles. The Morgan fingerprint density at radius 1 is 0.245 bits per heavy atom. The van der Waals surface area contributed by atoms with Crippen LogP contribution in [0.25, 0.3) is 66.8 Å². The second-order valence-electron chi connectivity index (χ2n) is 32.7. The number of hydrogen-bond acceptors (Lipinski definition) is 5. The van der Waals surface area contributed by atoms with Crippen molar-refractivity contribution in [3.63, 3.8) is 0 Å². The lowest BCUT2D eigenvalue weighted by atomic mass is 9.30. The second kappa shape index (κ2) is 25.5. The molecule has 110 heavy (non-hydrogen) atoms. The van der Waals surface area contributed by atoms with Gasteiger partial charge in [-0.1, -0.05) is 282 Å². The Balaban J connectivity index is 0.884. The lowest BCUT2D eigenvalue weighted by Gasteiger charge is -2.58. The summed E-state index contributed by atoms with van der Waals surface area (Å²) in [6.45, 7) is 6.80. The molecule has 23 rings (SSSR count). The number of benzene rings is 15. The van der Waals surface area contributed by atoms with Gasteiger partial charge in [0, 0.05) is 96.9 Å². The van der Waals surface area contributed by atoms with Gasteiger partial charge in [0.05, 0.1) is 11.4 Å². The van der Waals surface area contributed by atoms with Crippen LogP contribution in [0.4, 0.5) is 73.9 Å². The van der Waals surface area contributed by atoms with E-state index in [4.69, 9.17) is 0 Å². The van der Waals surface area contributed by atoms with Crippen LogP contribution in [0.5, 0.6) is 0 Å². The number of nitrogens with zero attached hydrogens (tertiary/aromatic N) is 5. The monoisotopic (exact) mass is 1410 g/mol. The van der Waals surface area contributed by atoms with Gasteiger partial charge in [0.15, 0.2) is 0 Å². The first-order valence-corrected chi connectivity index (χ1v) is 39.7. The molecule has 0 N–H and O–H groups in total. The van der Waals surface area contributed by atoms with Crippen LogP contribution in [0.15, 0.2) is 352 Å². The summed E-state index contributed by atoms with van der Waals surface area (Å²) in [4.78, 5) is 13.8. The number of para-hydroxylation sites is 4. The summed E-state index contributed by atoms with van der Waals surface area (Å²) < 4.78 is 0. The molecule has 7 heteroatoms. The zero-order valence-corrected chi connectivity index (χ0v) is 62.2. The first-order chi connectivity index (χ1) is 54.2. The van der Waals surface area contributed by atoms with E-state index < -0.39 is 0 Å². The molecule has 6 aliphatic heterocycles. The number of hydrogen-bond donors (Lipinski definition) is 0. The van der Waals surface area contributed by atoms with Crippen LogP contribution in [0.3, 0.4) is 0 Å². The van der Waals surface area contributed by atoms with Crippen molar-refractivity contribution >= 4 is 120 Å².